The van der Waals surface area contributed by atoms with Gasteiger partial charge in [0.25, 0.3) is 0 Å². The highest BCUT2D eigenvalue weighted by molar-refractivity contribution is 14.0. The molecule has 2 rings (SSSR count). The first-order chi connectivity index (χ1) is 8.05. The predicted octanol–water partition coefficient (Wildman–Crippen LogP) is 0.743. The first-order valence-corrected chi connectivity index (χ1v) is 8.11. The topological polar surface area (TPSA) is 84.5 Å². The monoisotopic (exact) mass is 387 g/mol. The van der Waals surface area contributed by atoms with Crippen LogP contribution < -0.4 is 11.1 Å². The molecule has 0 aromatic carbocycles. The van der Waals surface area contributed by atoms with E-state index in [0.29, 0.717) is 18.3 Å². The van der Waals surface area contributed by atoms with E-state index >= 15 is 0 Å². The number of nitrogens with zero attached hydrogens (tertiary/aromatic N) is 1. The summed E-state index contributed by atoms with van der Waals surface area (Å²) in [6.45, 7) is 1.43. The van der Waals surface area contributed by atoms with E-state index in [0.717, 1.165) is 18.9 Å². The third-order valence-corrected chi connectivity index (χ3v) is 5.48. The average molecular weight is 387 g/mol. The molecule has 1 aliphatic heterocycles. The van der Waals surface area contributed by atoms with Crippen LogP contribution in [0.4, 0.5) is 0 Å². The molecule has 0 bridgehead atoms. The summed E-state index contributed by atoms with van der Waals surface area (Å²) in [7, 11) is -2.79. The minimum Gasteiger partial charge on any atom is -0.370 e. The van der Waals surface area contributed by atoms with Gasteiger partial charge in [-0.05, 0) is 31.1 Å². The molecule has 0 aromatic heterocycles. The van der Waals surface area contributed by atoms with Crippen molar-refractivity contribution in [3.63, 3.8) is 0 Å². The SMILES string of the molecule is I.NC(=NCC1CCS(=O)(=O)C1)NCC1CCC1. The second kappa shape index (κ2) is 6.93. The van der Waals surface area contributed by atoms with Crippen LogP contribution in [0.3, 0.4) is 0 Å². The number of nitrogens with two attached hydrogens (primary N) is 1. The van der Waals surface area contributed by atoms with Crippen molar-refractivity contribution < 1.29 is 8.42 Å². The Labute approximate surface area is 126 Å². The summed E-state index contributed by atoms with van der Waals surface area (Å²) < 4.78 is 22.5. The minimum atomic E-state index is -2.79. The molecular weight excluding hydrogens is 365 g/mol. The molecule has 1 heterocycles. The summed E-state index contributed by atoms with van der Waals surface area (Å²) in [5.74, 6) is 1.94. The molecule has 2 aliphatic rings. The Morgan fingerprint density at radius 2 is 2.00 bits per heavy atom. The zero-order valence-corrected chi connectivity index (χ0v) is 13.6. The fourth-order valence-corrected chi connectivity index (χ4v) is 4.09. The van der Waals surface area contributed by atoms with Crippen LogP contribution in [0.15, 0.2) is 4.99 Å². The summed E-state index contributed by atoms with van der Waals surface area (Å²) in [4.78, 5) is 4.22. The quantitative estimate of drug-likeness (QED) is 0.424. The Morgan fingerprint density at radius 1 is 1.28 bits per heavy atom. The molecule has 0 radical (unpaired) electrons. The summed E-state index contributed by atoms with van der Waals surface area (Å²) in [5, 5.41) is 3.11. The van der Waals surface area contributed by atoms with Gasteiger partial charge in [0.1, 0.15) is 0 Å². The van der Waals surface area contributed by atoms with Crippen molar-refractivity contribution in [2.45, 2.75) is 25.7 Å². The lowest BCUT2D eigenvalue weighted by atomic mass is 9.85. The Hall–Kier alpha value is -0.0500. The fourth-order valence-electron chi connectivity index (χ4n) is 2.25. The van der Waals surface area contributed by atoms with Crippen LogP contribution in [0.5, 0.6) is 0 Å². The van der Waals surface area contributed by atoms with E-state index in [1.165, 1.54) is 19.3 Å². The number of rotatable bonds is 4. The van der Waals surface area contributed by atoms with Crippen molar-refractivity contribution in [3.05, 3.63) is 0 Å². The molecule has 1 saturated carbocycles. The fraction of sp³-hybridized carbons (Fsp3) is 0.909. The zero-order valence-electron chi connectivity index (χ0n) is 10.5. The molecule has 106 valence electrons. The Kier molecular flexibility index (Phi) is 6.16. The van der Waals surface area contributed by atoms with E-state index in [1.807, 2.05) is 0 Å². The number of aliphatic imine (C=N–C) groups is 1. The van der Waals surface area contributed by atoms with Crippen molar-refractivity contribution >= 4 is 39.8 Å². The molecule has 18 heavy (non-hydrogen) atoms. The molecule has 2 fully saturated rings. The van der Waals surface area contributed by atoms with Crippen molar-refractivity contribution in [1.82, 2.24) is 5.32 Å². The maximum absolute atomic E-state index is 11.3. The summed E-state index contributed by atoms with van der Waals surface area (Å²) in [6, 6.07) is 0. The highest BCUT2D eigenvalue weighted by Gasteiger charge is 2.27. The molecular formula is C11H22IN3O2S. The third-order valence-electron chi connectivity index (χ3n) is 3.64. The normalized spacial score (nSPS) is 27.3. The standard InChI is InChI=1S/C11H21N3O2S.HI/c12-11(13-6-9-2-1-3-9)14-7-10-4-5-17(15,16)8-10;/h9-10H,1-8H2,(H3,12,13,14);1H. The number of hydrogen-bond donors (Lipinski definition) is 2. The maximum atomic E-state index is 11.3. The van der Waals surface area contributed by atoms with E-state index in [4.69, 9.17) is 5.73 Å². The summed E-state index contributed by atoms with van der Waals surface area (Å²) in [5.41, 5.74) is 5.74. The van der Waals surface area contributed by atoms with Gasteiger partial charge in [0.05, 0.1) is 11.5 Å². The van der Waals surface area contributed by atoms with Crippen molar-refractivity contribution in [2.75, 3.05) is 24.6 Å². The number of halogens is 1. The van der Waals surface area contributed by atoms with Crippen molar-refractivity contribution in [3.8, 4) is 0 Å². The van der Waals surface area contributed by atoms with Gasteiger partial charge >= 0.3 is 0 Å². The van der Waals surface area contributed by atoms with Gasteiger partial charge in [0.2, 0.25) is 0 Å². The van der Waals surface area contributed by atoms with Crippen LogP contribution in [0, 0.1) is 11.8 Å². The van der Waals surface area contributed by atoms with Gasteiger partial charge in [0, 0.05) is 13.1 Å². The van der Waals surface area contributed by atoms with Crippen LogP contribution in [0.25, 0.3) is 0 Å². The third kappa shape index (κ3) is 4.91. The van der Waals surface area contributed by atoms with Crippen LogP contribution in [-0.4, -0.2) is 39.0 Å². The van der Waals surface area contributed by atoms with E-state index in [9.17, 15) is 8.42 Å². The van der Waals surface area contributed by atoms with Gasteiger partial charge < -0.3 is 11.1 Å². The minimum absolute atomic E-state index is 0. The lowest BCUT2D eigenvalue weighted by Gasteiger charge is -2.25. The predicted molar refractivity (Wildman–Crippen MR) is 84.0 cm³/mol. The van der Waals surface area contributed by atoms with Crippen molar-refractivity contribution in [1.29, 1.82) is 0 Å². The van der Waals surface area contributed by atoms with E-state index in [1.54, 1.807) is 0 Å². The molecule has 1 saturated heterocycles. The lowest BCUT2D eigenvalue weighted by Crippen LogP contribution is -2.37. The van der Waals surface area contributed by atoms with Crippen LogP contribution in [0.1, 0.15) is 25.7 Å². The molecule has 1 aliphatic carbocycles. The van der Waals surface area contributed by atoms with Crippen LogP contribution in [-0.2, 0) is 9.84 Å². The molecule has 0 spiro atoms. The second-order valence-corrected chi connectivity index (χ2v) is 7.40. The molecule has 3 N–H and O–H groups in total. The molecule has 1 unspecified atom stereocenters. The molecule has 0 aromatic rings. The van der Waals surface area contributed by atoms with Gasteiger partial charge in [-0.2, -0.15) is 0 Å². The van der Waals surface area contributed by atoms with E-state index in [-0.39, 0.29) is 35.6 Å². The highest BCUT2D eigenvalue weighted by atomic mass is 127. The van der Waals surface area contributed by atoms with Gasteiger partial charge in [-0.3, -0.25) is 4.99 Å². The van der Waals surface area contributed by atoms with Gasteiger partial charge in [-0.25, -0.2) is 8.42 Å². The first kappa shape index (κ1) is 16.0. The lowest BCUT2D eigenvalue weighted by molar-refractivity contribution is 0.315. The Bertz CT molecular complexity index is 393. The summed E-state index contributed by atoms with van der Waals surface area (Å²) >= 11 is 0. The van der Waals surface area contributed by atoms with Gasteiger partial charge in [-0.15, -0.1) is 24.0 Å². The molecule has 1 atom stereocenters. The number of hydrogen-bond acceptors (Lipinski definition) is 3. The highest BCUT2D eigenvalue weighted by Crippen LogP contribution is 2.25. The maximum Gasteiger partial charge on any atom is 0.188 e. The zero-order chi connectivity index (χ0) is 12.3. The Morgan fingerprint density at radius 3 is 2.50 bits per heavy atom. The average Bonchev–Trinajstić information content (AvgIpc) is 2.53. The van der Waals surface area contributed by atoms with E-state index < -0.39 is 9.84 Å². The first-order valence-electron chi connectivity index (χ1n) is 6.29. The van der Waals surface area contributed by atoms with Crippen LogP contribution >= 0.6 is 24.0 Å². The Balaban J connectivity index is 0.00000162. The number of guanidine groups is 1. The van der Waals surface area contributed by atoms with E-state index in [2.05, 4.69) is 10.3 Å². The molecule has 0 amide bonds. The second-order valence-electron chi connectivity index (χ2n) is 5.17. The van der Waals surface area contributed by atoms with Crippen molar-refractivity contribution in [2.24, 2.45) is 22.6 Å². The molecule has 5 nitrogen and oxygen atoms in total. The van der Waals surface area contributed by atoms with Gasteiger partial charge in [0.15, 0.2) is 15.8 Å². The smallest absolute Gasteiger partial charge is 0.188 e. The number of nitrogens with one attached hydrogen (secondary N) is 1. The summed E-state index contributed by atoms with van der Waals surface area (Å²) in [6.07, 6.45) is 4.60. The van der Waals surface area contributed by atoms with Gasteiger partial charge in [-0.1, -0.05) is 6.42 Å². The number of sulfone groups is 1. The largest absolute Gasteiger partial charge is 0.370 e. The van der Waals surface area contributed by atoms with Crippen LogP contribution in [0.2, 0.25) is 0 Å². The molecule has 7 heteroatoms.